The van der Waals surface area contributed by atoms with Crippen LogP contribution in [0, 0.1) is 0 Å². The molecule has 0 spiro atoms. The Bertz CT molecular complexity index is 485. The van der Waals surface area contributed by atoms with E-state index in [4.69, 9.17) is 0 Å². The molecule has 0 fully saturated rings. The van der Waals surface area contributed by atoms with Gasteiger partial charge < -0.3 is 0 Å². The van der Waals surface area contributed by atoms with Crippen LogP contribution in [-0.4, -0.2) is 6.21 Å². The van der Waals surface area contributed by atoms with Gasteiger partial charge in [-0.1, -0.05) is 38.1 Å². The molecule has 2 heteroatoms. The second kappa shape index (κ2) is 5.78. The van der Waals surface area contributed by atoms with Crippen LogP contribution in [0.15, 0.2) is 46.8 Å². The standard InChI is InChI=1S/C15H17NS/c1-3-12(2)14-8-4-5-9-15(14)16-11-13-7-6-10-17-13/h4-12H,3H2,1-2H3/t12-/m0/s1. The molecule has 1 aromatic carbocycles. The summed E-state index contributed by atoms with van der Waals surface area (Å²) in [5.41, 5.74) is 2.43. The number of hydrogen-bond acceptors (Lipinski definition) is 2. The predicted molar refractivity (Wildman–Crippen MR) is 76.7 cm³/mol. The Morgan fingerprint density at radius 1 is 1.24 bits per heavy atom. The average Bonchev–Trinajstić information content (AvgIpc) is 2.89. The summed E-state index contributed by atoms with van der Waals surface area (Å²) < 4.78 is 0. The lowest BCUT2D eigenvalue weighted by Crippen LogP contribution is -1.91. The predicted octanol–water partition coefficient (Wildman–Crippen LogP) is 5.01. The van der Waals surface area contributed by atoms with Crippen molar-refractivity contribution in [3.05, 3.63) is 52.2 Å². The normalized spacial score (nSPS) is 13.1. The highest BCUT2D eigenvalue weighted by Gasteiger charge is 2.06. The van der Waals surface area contributed by atoms with Gasteiger partial charge in [-0.15, -0.1) is 11.3 Å². The van der Waals surface area contributed by atoms with Crippen LogP contribution in [0.5, 0.6) is 0 Å². The van der Waals surface area contributed by atoms with Crippen molar-refractivity contribution in [2.45, 2.75) is 26.2 Å². The van der Waals surface area contributed by atoms with Gasteiger partial charge in [0.2, 0.25) is 0 Å². The van der Waals surface area contributed by atoms with Crippen molar-refractivity contribution in [2.75, 3.05) is 0 Å². The van der Waals surface area contributed by atoms with Crippen molar-refractivity contribution >= 4 is 23.2 Å². The molecular formula is C15H17NS. The van der Waals surface area contributed by atoms with Gasteiger partial charge in [0.05, 0.1) is 5.69 Å². The van der Waals surface area contributed by atoms with Crippen LogP contribution in [0.3, 0.4) is 0 Å². The topological polar surface area (TPSA) is 12.4 Å². The minimum Gasteiger partial charge on any atom is -0.255 e. The first-order valence-corrected chi connectivity index (χ1v) is 6.85. The second-order valence-corrected chi connectivity index (χ2v) is 5.12. The van der Waals surface area contributed by atoms with E-state index in [1.807, 2.05) is 18.3 Å². The molecule has 1 aromatic heterocycles. The molecule has 1 atom stereocenters. The number of benzene rings is 1. The van der Waals surface area contributed by atoms with Crippen molar-refractivity contribution in [3.8, 4) is 0 Å². The molecule has 0 saturated carbocycles. The molecule has 0 aliphatic heterocycles. The van der Waals surface area contributed by atoms with Gasteiger partial charge >= 0.3 is 0 Å². The van der Waals surface area contributed by atoms with Gasteiger partial charge in [-0.3, -0.25) is 4.99 Å². The molecule has 0 saturated heterocycles. The number of aliphatic imine (C=N–C) groups is 1. The SMILES string of the molecule is CC[C@H](C)c1ccccc1N=Cc1cccs1. The first kappa shape index (κ1) is 12.1. The lowest BCUT2D eigenvalue weighted by Gasteiger charge is -2.11. The van der Waals surface area contributed by atoms with E-state index in [9.17, 15) is 0 Å². The van der Waals surface area contributed by atoms with Crippen molar-refractivity contribution in [2.24, 2.45) is 4.99 Å². The number of rotatable bonds is 4. The third-order valence-electron chi connectivity index (χ3n) is 2.95. The van der Waals surface area contributed by atoms with E-state index in [1.165, 1.54) is 10.4 Å². The molecule has 1 heterocycles. The fraction of sp³-hybridized carbons (Fsp3) is 0.267. The highest BCUT2D eigenvalue weighted by Crippen LogP contribution is 2.28. The Labute approximate surface area is 107 Å². The molecule has 0 aliphatic rings. The van der Waals surface area contributed by atoms with E-state index in [-0.39, 0.29) is 0 Å². The Morgan fingerprint density at radius 2 is 2.06 bits per heavy atom. The first-order chi connectivity index (χ1) is 8.31. The monoisotopic (exact) mass is 243 g/mol. The Hall–Kier alpha value is -1.41. The maximum Gasteiger partial charge on any atom is 0.0664 e. The summed E-state index contributed by atoms with van der Waals surface area (Å²) in [6.45, 7) is 4.46. The summed E-state index contributed by atoms with van der Waals surface area (Å²) in [7, 11) is 0. The largest absolute Gasteiger partial charge is 0.255 e. The van der Waals surface area contributed by atoms with E-state index in [2.05, 4.69) is 48.5 Å². The summed E-state index contributed by atoms with van der Waals surface area (Å²) in [6.07, 6.45) is 3.09. The van der Waals surface area contributed by atoms with Crippen molar-refractivity contribution in [1.29, 1.82) is 0 Å². The highest BCUT2D eigenvalue weighted by atomic mass is 32.1. The smallest absolute Gasteiger partial charge is 0.0664 e. The highest BCUT2D eigenvalue weighted by molar-refractivity contribution is 7.11. The number of thiophene rings is 1. The first-order valence-electron chi connectivity index (χ1n) is 5.97. The molecule has 2 aromatic rings. The molecule has 88 valence electrons. The maximum absolute atomic E-state index is 4.60. The molecule has 0 radical (unpaired) electrons. The van der Waals surface area contributed by atoms with Crippen LogP contribution in [0.1, 0.15) is 36.6 Å². The van der Waals surface area contributed by atoms with E-state index >= 15 is 0 Å². The van der Waals surface area contributed by atoms with E-state index in [0.717, 1.165) is 12.1 Å². The Morgan fingerprint density at radius 3 is 2.76 bits per heavy atom. The lowest BCUT2D eigenvalue weighted by molar-refractivity contribution is 0.734. The van der Waals surface area contributed by atoms with Crippen LogP contribution in [-0.2, 0) is 0 Å². The van der Waals surface area contributed by atoms with Gasteiger partial charge in [0.15, 0.2) is 0 Å². The van der Waals surface area contributed by atoms with Crippen LogP contribution in [0.4, 0.5) is 5.69 Å². The zero-order valence-electron chi connectivity index (χ0n) is 10.3. The number of para-hydroxylation sites is 1. The lowest BCUT2D eigenvalue weighted by atomic mass is 9.97. The van der Waals surface area contributed by atoms with Gasteiger partial charge in [0, 0.05) is 11.1 Å². The summed E-state index contributed by atoms with van der Waals surface area (Å²) >= 11 is 1.71. The number of nitrogens with zero attached hydrogens (tertiary/aromatic N) is 1. The van der Waals surface area contributed by atoms with Crippen molar-refractivity contribution < 1.29 is 0 Å². The summed E-state index contributed by atoms with van der Waals surface area (Å²) in [5.74, 6) is 0.562. The molecule has 0 bridgehead atoms. The minimum absolute atomic E-state index is 0.562. The molecule has 2 rings (SSSR count). The molecule has 17 heavy (non-hydrogen) atoms. The fourth-order valence-corrected chi connectivity index (χ4v) is 2.32. The molecule has 0 aliphatic carbocycles. The van der Waals surface area contributed by atoms with Gasteiger partial charge in [-0.2, -0.15) is 0 Å². The fourth-order valence-electron chi connectivity index (χ4n) is 1.74. The van der Waals surface area contributed by atoms with Crippen molar-refractivity contribution in [1.82, 2.24) is 0 Å². The Balaban J connectivity index is 2.26. The van der Waals surface area contributed by atoms with Gasteiger partial charge in [0.1, 0.15) is 0 Å². The van der Waals surface area contributed by atoms with Gasteiger partial charge in [-0.05, 0) is 35.4 Å². The third-order valence-corrected chi connectivity index (χ3v) is 3.76. The van der Waals surface area contributed by atoms with Crippen LogP contribution >= 0.6 is 11.3 Å². The molecule has 0 amide bonds. The molecular weight excluding hydrogens is 226 g/mol. The summed E-state index contributed by atoms with van der Waals surface area (Å²) in [6, 6.07) is 12.5. The third kappa shape index (κ3) is 3.04. The van der Waals surface area contributed by atoms with Crippen LogP contribution in [0.2, 0.25) is 0 Å². The molecule has 0 unspecified atom stereocenters. The van der Waals surface area contributed by atoms with Crippen molar-refractivity contribution in [3.63, 3.8) is 0 Å². The minimum atomic E-state index is 0.562. The van der Waals surface area contributed by atoms with Crippen LogP contribution < -0.4 is 0 Å². The van der Waals surface area contributed by atoms with E-state index < -0.39 is 0 Å². The van der Waals surface area contributed by atoms with Gasteiger partial charge in [-0.25, -0.2) is 0 Å². The molecule has 1 nitrogen and oxygen atoms in total. The van der Waals surface area contributed by atoms with E-state index in [0.29, 0.717) is 5.92 Å². The quantitative estimate of drug-likeness (QED) is 0.669. The molecule has 0 N–H and O–H groups in total. The Kier molecular flexibility index (Phi) is 4.10. The zero-order chi connectivity index (χ0) is 12.1. The van der Waals surface area contributed by atoms with Gasteiger partial charge in [0.25, 0.3) is 0 Å². The average molecular weight is 243 g/mol. The zero-order valence-corrected chi connectivity index (χ0v) is 11.1. The maximum atomic E-state index is 4.60. The summed E-state index contributed by atoms with van der Waals surface area (Å²) in [4.78, 5) is 5.80. The van der Waals surface area contributed by atoms with E-state index in [1.54, 1.807) is 11.3 Å². The second-order valence-electron chi connectivity index (χ2n) is 4.14. The van der Waals surface area contributed by atoms with Crippen LogP contribution in [0.25, 0.3) is 0 Å². The summed E-state index contributed by atoms with van der Waals surface area (Å²) in [5, 5.41) is 2.07. The number of hydrogen-bond donors (Lipinski definition) is 0.